The van der Waals surface area contributed by atoms with E-state index >= 15 is 0 Å². The van der Waals surface area contributed by atoms with Crippen molar-refractivity contribution >= 4 is 22.5 Å². The highest BCUT2D eigenvalue weighted by Crippen LogP contribution is 2.38. The first-order valence-corrected chi connectivity index (χ1v) is 8.00. The number of fused-ring (bicyclic) bond motifs is 2. The van der Waals surface area contributed by atoms with E-state index in [1.807, 2.05) is 30.6 Å². The topological polar surface area (TPSA) is 70.9 Å². The van der Waals surface area contributed by atoms with Gasteiger partial charge in [0.25, 0.3) is 5.92 Å². The molecule has 4 aromatic heterocycles. The van der Waals surface area contributed by atoms with E-state index in [4.69, 9.17) is 0 Å². The van der Waals surface area contributed by atoms with E-state index in [9.17, 15) is 8.78 Å². The summed E-state index contributed by atoms with van der Waals surface area (Å²) in [5, 5.41) is 8.03. The summed E-state index contributed by atoms with van der Waals surface area (Å²) in [4.78, 5) is 11.8. The molecule has 1 fully saturated rings. The second-order valence-corrected chi connectivity index (χ2v) is 6.38. The fourth-order valence-electron chi connectivity index (χ4n) is 3.25. The van der Waals surface area contributed by atoms with Crippen molar-refractivity contribution in [1.82, 2.24) is 24.6 Å². The Hall–Kier alpha value is -3.03. The maximum atomic E-state index is 12.9. The lowest BCUT2D eigenvalue weighted by atomic mass is 9.88. The molecule has 4 aromatic rings. The highest BCUT2D eigenvalue weighted by molar-refractivity contribution is 5.94. The van der Waals surface area contributed by atoms with Gasteiger partial charge in [0.05, 0.1) is 5.52 Å². The van der Waals surface area contributed by atoms with E-state index in [0.29, 0.717) is 11.6 Å². The normalized spacial score (nSPS) is 17.0. The number of aromatic nitrogens is 5. The third-order valence-electron chi connectivity index (χ3n) is 4.57. The number of alkyl halides is 2. The maximum absolute atomic E-state index is 12.9. The predicted octanol–water partition coefficient (Wildman–Crippen LogP) is 3.48. The van der Waals surface area contributed by atoms with Crippen molar-refractivity contribution < 1.29 is 8.78 Å². The van der Waals surface area contributed by atoms with Gasteiger partial charge < -0.3 is 10.3 Å². The molecule has 8 heteroatoms. The highest BCUT2D eigenvalue weighted by atomic mass is 19.3. The molecular formula is C17H14F2N6. The fraction of sp³-hybridized carbons (Fsp3) is 0.235. The second kappa shape index (κ2) is 4.98. The van der Waals surface area contributed by atoms with Gasteiger partial charge in [0.1, 0.15) is 5.65 Å². The molecule has 6 nitrogen and oxygen atoms in total. The first kappa shape index (κ1) is 14.3. The summed E-state index contributed by atoms with van der Waals surface area (Å²) in [6.45, 7) is 0. The van der Waals surface area contributed by atoms with Crippen molar-refractivity contribution in [2.75, 3.05) is 5.32 Å². The van der Waals surface area contributed by atoms with Crippen molar-refractivity contribution in [3.05, 3.63) is 43.0 Å². The van der Waals surface area contributed by atoms with Crippen molar-refractivity contribution in [3.63, 3.8) is 0 Å². The van der Waals surface area contributed by atoms with Gasteiger partial charge in [-0.2, -0.15) is 10.1 Å². The number of pyridine rings is 1. The number of aromatic amines is 1. The lowest BCUT2D eigenvalue weighted by Crippen LogP contribution is -2.44. The minimum atomic E-state index is -2.56. The molecule has 1 aliphatic carbocycles. The minimum Gasteiger partial charge on any atom is -0.351 e. The van der Waals surface area contributed by atoms with Gasteiger partial charge in [-0.05, 0) is 23.8 Å². The van der Waals surface area contributed by atoms with Crippen LogP contribution in [0.2, 0.25) is 0 Å². The van der Waals surface area contributed by atoms with Crippen LogP contribution in [0.5, 0.6) is 0 Å². The lowest BCUT2D eigenvalue weighted by molar-refractivity contribution is -0.0794. The molecule has 0 amide bonds. The largest absolute Gasteiger partial charge is 0.351 e. The molecule has 0 atom stereocenters. The Morgan fingerprint density at radius 2 is 2.16 bits per heavy atom. The Morgan fingerprint density at radius 1 is 1.28 bits per heavy atom. The van der Waals surface area contributed by atoms with E-state index in [1.165, 1.54) is 0 Å². The van der Waals surface area contributed by atoms with Gasteiger partial charge in [-0.3, -0.25) is 0 Å². The SMILES string of the molecule is FC1(F)CC(Nc2ncc3c(-c4ccn5nccc5c4)c[nH]c3n2)C1. The van der Waals surface area contributed by atoms with Crippen LogP contribution in [0.25, 0.3) is 27.7 Å². The molecule has 1 aliphatic rings. The van der Waals surface area contributed by atoms with Crippen molar-refractivity contribution in [3.8, 4) is 11.1 Å². The zero-order chi connectivity index (χ0) is 17.0. The molecule has 0 unspecified atom stereocenters. The van der Waals surface area contributed by atoms with Gasteiger partial charge in [0.15, 0.2) is 0 Å². The number of H-pyrrole nitrogens is 1. The number of hydrogen-bond acceptors (Lipinski definition) is 4. The number of rotatable bonds is 3. The third kappa shape index (κ3) is 2.41. The Balaban J connectivity index is 1.46. The van der Waals surface area contributed by atoms with E-state index < -0.39 is 5.92 Å². The zero-order valence-corrected chi connectivity index (χ0v) is 13.1. The van der Waals surface area contributed by atoms with Crippen LogP contribution in [0.1, 0.15) is 12.8 Å². The predicted molar refractivity (Wildman–Crippen MR) is 89.7 cm³/mol. The van der Waals surface area contributed by atoms with Crippen LogP contribution in [0.3, 0.4) is 0 Å². The molecule has 0 spiro atoms. The molecule has 0 saturated heterocycles. The van der Waals surface area contributed by atoms with E-state index in [1.54, 1.807) is 16.9 Å². The lowest BCUT2D eigenvalue weighted by Gasteiger charge is -2.35. The average molecular weight is 340 g/mol. The Kier molecular flexibility index (Phi) is 2.85. The second-order valence-electron chi connectivity index (χ2n) is 6.38. The molecule has 25 heavy (non-hydrogen) atoms. The molecular weight excluding hydrogens is 326 g/mol. The van der Waals surface area contributed by atoms with Gasteiger partial charge in [-0.1, -0.05) is 0 Å². The first-order valence-electron chi connectivity index (χ1n) is 8.00. The third-order valence-corrected chi connectivity index (χ3v) is 4.57. The number of nitrogens with one attached hydrogen (secondary N) is 2. The summed E-state index contributed by atoms with van der Waals surface area (Å²) in [5.74, 6) is -2.19. The van der Waals surface area contributed by atoms with Gasteiger partial charge in [0, 0.05) is 54.6 Å². The Bertz CT molecular complexity index is 1080. The summed E-state index contributed by atoms with van der Waals surface area (Å²) in [7, 11) is 0. The maximum Gasteiger partial charge on any atom is 0.252 e. The van der Waals surface area contributed by atoms with Crippen LogP contribution in [-0.2, 0) is 0 Å². The summed E-state index contributed by atoms with van der Waals surface area (Å²) in [6, 6.07) is 5.68. The number of hydrogen-bond donors (Lipinski definition) is 2. The molecule has 1 saturated carbocycles. The Labute approximate surface area is 140 Å². The minimum absolute atomic E-state index is 0.171. The summed E-state index contributed by atoms with van der Waals surface area (Å²) in [5.41, 5.74) is 3.69. The standard InChI is InChI=1S/C17H14F2N6/c18-17(19)6-11(7-17)23-16-21-9-14-13(8-20-15(14)24-16)10-2-4-25-12(5-10)1-3-22-25/h1-5,8-9,11H,6-7H2,(H2,20,21,23,24). The van der Waals surface area contributed by atoms with Crippen LogP contribution in [0.4, 0.5) is 14.7 Å². The Morgan fingerprint density at radius 3 is 3.00 bits per heavy atom. The van der Waals surface area contributed by atoms with E-state index in [0.717, 1.165) is 22.0 Å². The average Bonchev–Trinajstić information content (AvgIpc) is 3.18. The summed E-state index contributed by atoms with van der Waals surface area (Å²) >= 11 is 0. The molecule has 0 radical (unpaired) electrons. The van der Waals surface area contributed by atoms with Gasteiger partial charge >= 0.3 is 0 Å². The highest BCUT2D eigenvalue weighted by Gasteiger charge is 2.45. The first-order chi connectivity index (χ1) is 12.1. The molecule has 4 heterocycles. The summed E-state index contributed by atoms with van der Waals surface area (Å²) in [6.07, 6.45) is 6.90. The number of halogens is 2. The van der Waals surface area contributed by atoms with Crippen molar-refractivity contribution in [2.24, 2.45) is 0 Å². The molecule has 2 N–H and O–H groups in total. The van der Waals surface area contributed by atoms with Crippen LogP contribution in [-0.4, -0.2) is 36.5 Å². The molecule has 0 bridgehead atoms. The smallest absolute Gasteiger partial charge is 0.252 e. The number of anilines is 1. The van der Waals surface area contributed by atoms with Gasteiger partial charge in [-0.25, -0.2) is 18.3 Å². The van der Waals surface area contributed by atoms with Crippen molar-refractivity contribution in [1.29, 1.82) is 0 Å². The molecule has 5 rings (SSSR count). The van der Waals surface area contributed by atoms with Crippen molar-refractivity contribution in [2.45, 2.75) is 24.8 Å². The molecule has 0 aliphatic heterocycles. The van der Waals surface area contributed by atoms with Gasteiger partial charge in [-0.15, -0.1) is 0 Å². The number of nitrogens with zero attached hydrogens (tertiary/aromatic N) is 4. The quantitative estimate of drug-likeness (QED) is 0.599. The summed E-state index contributed by atoms with van der Waals surface area (Å²) < 4.78 is 27.7. The van der Waals surface area contributed by atoms with Crippen LogP contribution >= 0.6 is 0 Å². The van der Waals surface area contributed by atoms with E-state index in [2.05, 4.69) is 25.4 Å². The monoisotopic (exact) mass is 340 g/mol. The van der Waals surface area contributed by atoms with Gasteiger partial charge in [0.2, 0.25) is 5.95 Å². The molecule has 126 valence electrons. The molecule has 0 aromatic carbocycles. The van der Waals surface area contributed by atoms with Crippen LogP contribution in [0, 0.1) is 0 Å². The zero-order valence-electron chi connectivity index (χ0n) is 13.1. The fourth-order valence-corrected chi connectivity index (χ4v) is 3.25. The van der Waals surface area contributed by atoms with E-state index in [-0.39, 0.29) is 18.9 Å². The van der Waals surface area contributed by atoms with Crippen LogP contribution in [0.15, 0.2) is 43.0 Å². The van der Waals surface area contributed by atoms with Crippen LogP contribution < -0.4 is 5.32 Å².